The Morgan fingerprint density at radius 2 is 1.79 bits per heavy atom. The number of nitrogens with one attached hydrogen (secondary N) is 2. The molecule has 1 aromatic rings. The van der Waals surface area contributed by atoms with Crippen molar-refractivity contribution in [2.24, 2.45) is 11.7 Å². The molecule has 0 fully saturated rings. The van der Waals surface area contributed by atoms with Gasteiger partial charge in [-0.05, 0) is 36.5 Å². The van der Waals surface area contributed by atoms with Gasteiger partial charge in [0.05, 0.1) is 0 Å². The molecule has 0 aliphatic heterocycles. The molecule has 0 bridgehead atoms. The monoisotopic (exact) mass is 416 g/mol. The van der Waals surface area contributed by atoms with Gasteiger partial charge in [-0.25, -0.2) is 9.18 Å². The third-order valence-corrected chi connectivity index (χ3v) is 4.58. The summed E-state index contributed by atoms with van der Waals surface area (Å²) < 4.78 is 12.9. The molecular formula is C20H34ClFN4O2. The number of hydrogen-bond acceptors (Lipinski definition) is 3. The molecule has 28 heavy (non-hydrogen) atoms. The summed E-state index contributed by atoms with van der Waals surface area (Å²) in [5.41, 5.74) is 6.83. The van der Waals surface area contributed by atoms with Crippen LogP contribution in [0.2, 0.25) is 0 Å². The molecule has 0 aliphatic carbocycles. The highest BCUT2D eigenvalue weighted by Crippen LogP contribution is 2.07. The van der Waals surface area contributed by atoms with E-state index in [2.05, 4.69) is 24.5 Å². The number of likely N-dealkylation sites (N-methyl/N-ethyl adjacent to an activating group) is 1. The number of urea groups is 1. The minimum absolute atomic E-state index is 0. The first-order chi connectivity index (χ1) is 12.7. The number of carbonyl (C=O) groups excluding carboxylic acids is 2. The van der Waals surface area contributed by atoms with Crippen molar-refractivity contribution in [2.45, 2.75) is 58.7 Å². The summed E-state index contributed by atoms with van der Waals surface area (Å²) in [5, 5.41) is 5.45. The van der Waals surface area contributed by atoms with Crippen LogP contribution in [-0.2, 0) is 11.3 Å². The second kappa shape index (κ2) is 13.3. The number of nitrogens with two attached hydrogens (primary N) is 1. The Bertz CT molecular complexity index is 598. The first-order valence-electron chi connectivity index (χ1n) is 9.54. The standard InChI is InChI=1S/C20H33FN4O2.ClH/c1-5-6-18(19(26)25(4)12-11-17(22)14(2)3)24-20(27)23-13-15-7-9-16(21)10-8-15;/h7-10,14,17-18H,5-6,11-13,22H2,1-4H3,(H2,23,24,27);1H. The van der Waals surface area contributed by atoms with E-state index in [1.165, 1.54) is 12.1 Å². The smallest absolute Gasteiger partial charge is 0.315 e. The van der Waals surface area contributed by atoms with E-state index >= 15 is 0 Å². The predicted octanol–water partition coefficient (Wildman–Crippen LogP) is 3.05. The summed E-state index contributed by atoms with van der Waals surface area (Å²) in [6.07, 6.45) is 2.05. The number of nitrogens with zero attached hydrogens (tertiary/aromatic N) is 1. The summed E-state index contributed by atoms with van der Waals surface area (Å²) in [5.74, 6) is -0.0860. The summed E-state index contributed by atoms with van der Waals surface area (Å²) in [7, 11) is 1.73. The van der Waals surface area contributed by atoms with Crippen LogP contribution < -0.4 is 16.4 Å². The summed E-state index contributed by atoms with van der Waals surface area (Å²) in [4.78, 5) is 26.5. The van der Waals surface area contributed by atoms with Crippen LogP contribution in [0.25, 0.3) is 0 Å². The molecule has 3 amide bonds. The van der Waals surface area contributed by atoms with Crippen molar-refractivity contribution in [1.29, 1.82) is 0 Å². The van der Waals surface area contributed by atoms with Crippen LogP contribution in [-0.4, -0.2) is 42.5 Å². The molecule has 0 saturated heterocycles. The highest BCUT2D eigenvalue weighted by molar-refractivity contribution is 5.87. The first-order valence-corrected chi connectivity index (χ1v) is 9.54. The lowest BCUT2D eigenvalue weighted by Gasteiger charge is -2.26. The number of rotatable bonds is 10. The van der Waals surface area contributed by atoms with Crippen LogP contribution in [0.5, 0.6) is 0 Å². The summed E-state index contributed by atoms with van der Waals surface area (Å²) in [6.45, 7) is 6.89. The van der Waals surface area contributed by atoms with Gasteiger partial charge < -0.3 is 21.3 Å². The van der Waals surface area contributed by atoms with Crippen molar-refractivity contribution < 1.29 is 14.0 Å². The quantitative estimate of drug-likeness (QED) is 0.547. The van der Waals surface area contributed by atoms with Crippen molar-refractivity contribution in [2.75, 3.05) is 13.6 Å². The number of hydrogen-bond donors (Lipinski definition) is 3. The summed E-state index contributed by atoms with van der Waals surface area (Å²) in [6, 6.07) is 4.94. The zero-order valence-electron chi connectivity index (χ0n) is 17.2. The molecule has 2 atom stereocenters. The van der Waals surface area contributed by atoms with Gasteiger partial charge in [0.15, 0.2) is 0 Å². The first kappa shape index (κ1) is 26.1. The van der Waals surface area contributed by atoms with Gasteiger partial charge in [-0.1, -0.05) is 39.3 Å². The van der Waals surface area contributed by atoms with E-state index < -0.39 is 12.1 Å². The van der Waals surface area contributed by atoms with Gasteiger partial charge in [-0.3, -0.25) is 4.79 Å². The van der Waals surface area contributed by atoms with Crippen LogP contribution in [0.3, 0.4) is 0 Å². The maximum Gasteiger partial charge on any atom is 0.315 e. The molecular weight excluding hydrogens is 383 g/mol. The van der Waals surface area contributed by atoms with Crippen molar-refractivity contribution in [3.05, 3.63) is 35.6 Å². The van der Waals surface area contributed by atoms with Crippen LogP contribution in [0.15, 0.2) is 24.3 Å². The minimum Gasteiger partial charge on any atom is -0.344 e. The second-order valence-corrected chi connectivity index (χ2v) is 7.25. The zero-order chi connectivity index (χ0) is 20.4. The predicted molar refractivity (Wildman–Crippen MR) is 113 cm³/mol. The lowest BCUT2D eigenvalue weighted by molar-refractivity contribution is -0.132. The van der Waals surface area contributed by atoms with Crippen LogP contribution >= 0.6 is 12.4 Å². The van der Waals surface area contributed by atoms with Gasteiger partial charge in [0, 0.05) is 26.2 Å². The Kier molecular flexibility index (Phi) is 12.5. The second-order valence-electron chi connectivity index (χ2n) is 7.25. The molecule has 0 spiro atoms. The maximum absolute atomic E-state index is 12.9. The van der Waals surface area contributed by atoms with Gasteiger partial charge in [0.2, 0.25) is 5.91 Å². The molecule has 0 heterocycles. The van der Waals surface area contributed by atoms with Gasteiger partial charge in [-0.15, -0.1) is 12.4 Å². The van der Waals surface area contributed by atoms with Gasteiger partial charge in [0.25, 0.3) is 0 Å². The topological polar surface area (TPSA) is 87.5 Å². The molecule has 1 aromatic carbocycles. The van der Waals surface area contributed by atoms with Gasteiger partial charge in [-0.2, -0.15) is 0 Å². The third-order valence-electron chi connectivity index (χ3n) is 4.58. The molecule has 6 nitrogen and oxygen atoms in total. The van der Waals surface area contributed by atoms with E-state index in [-0.39, 0.29) is 36.7 Å². The van der Waals surface area contributed by atoms with Crippen LogP contribution in [0, 0.1) is 11.7 Å². The van der Waals surface area contributed by atoms with E-state index in [4.69, 9.17) is 5.73 Å². The minimum atomic E-state index is -0.580. The number of halogens is 2. The largest absolute Gasteiger partial charge is 0.344 e. The Balaban J connectivity index is 0.00000729. The Labute approximate surface area is 173 Å². The highest BCUT2D eigenvalue weighted by Gasteiger charge is 2.23. The molecule has 1 rings (SSSR count). The van der Waals surface area contributed by atoms with Gasteiger partial charge >= 0.3 is 6.03 Å². The normalized spacial score (nSPS) is 12.7. The lowest BCUT2D eigenvalue weighted by atomic mass is 10.0. The average Bonchev–Trinajstić information content (AvgIpc) is 2.64. The lowest BCUT2D eigenvalue weighted by Crippen LogP contribution is -2.50. The SMILES string of the molecule is CCCC(NC(=O)NCc1ccc(F)cc1)C(=O)N(C)CCC(N)C(C)C.Cl. The Hall–Kier alpha value is -1.86. The molecule has 8 heteroatoms. The molecule has 0 aliphatic rings. The van der Waals surface area contributed by atoms with Crippen molar-refractivity contribution in [3.8, 4) is 0 Å². The number of benzene rings is 1. The van der Waals surface area contributed by atoms with Crippen molar-refractivity contribution in [1.82, 2.24) is 15.5 Å². The van der Waals surface area contributed by atoms with Crippen molar-refractivity contribution >= 4 is 24.3 Å². The van der Waals surface area contributed by atoms with Crippen molar-refractivity contribution in [3.63, 3.8) is 0 Å². The number of carbonyl (C=O) groups is 2. The Morgan fingerprint density at radius 1 is 1.18 bits per heavy atom. The number of amides is 3. The molecule has 0 saturated carbocycles. The van der Waals surface area contributed by atoms with E-state index in [1.54, 1.807) is 24.1 Å². The fraction of sp³-hybridized carbons (Fsp3) is 0.600. The highest BCUT2D eigenvalue weighted by atomic mass is 35.5. The molecule has 0 radical (unpaired) electrons. The fourth-order valence-electron chi connectivity index (χ4n) is 2.59. The molecule has 0 aromatic heterocycles. The third kappa shape index (κ3) is 9.37. The Morgan fingerprint density at radius 3 is 2.32 bits per heavy atom. The van der Waals surface area contributed by atoms with E-state index in [0.717, 1.165) is 18.4 Å². The summed E-state index contributed by atoms with van der Waals surface area (Å²) >= 11 is 0. The maximum atomic E-state index is 12.9. The van der Waals surface area contributed by atoms with E-state index in [9.17, 15) is 14.0 Å². The fourth-order valence-corrected chi connectivity index (χ4v) is 2.59. The molecule has 2 unspecified atom stereocenters. The zero-order valence-corrected chi connectivity index (χ0v) is 18.0. The van der Waals surface area contributed by atoms with Crippen LogP contribution in [0.4, 0.5) is 9.18 Å². The van der Waals surface area contributed by atoms with E-state index in [1.807, 2.05) is 6.92 Å². The van der Waals surface area contributed by atoms with Crippen LogP contribution in [0.1, 0.15) is 45.6 Å². The van der Waals surface area contributed by atoms with Gasteiger partial charge in [0.1, 0.15) is 11.9 Å². The van der Waals surface area contributed by atoms with E-state index in [0.29, 0.717) is 18.9 Å². The average molecular weight is 417 g/mol. The molecule has 160 valence electrons. The molecule has 4 N–H and O–H groups in total.